The molecule has 0 aliphatic rings. The Hall–Kier alpha value is -4.07. The summed E-state index contributed by atoms with van der Waals surface area (Å²) in [5.74, 6) is -0.481. The Morgan fingerprint density at radius 1 is 0.968 bits per heavy atom. The van der Waals surface area contributed by atoms with Gasteiger partial charge in [-0.2, -0.15) is 10.1 Å². The molecule has 2 N–H and O–H groups in total. The standard InChI is InChI=1S/C23H18F2N6/c1-14(15-5-7-18(24)8-6-15)31-13-17(12-27-31)20-4-2-3-19(22(20)25)16-9-10-30-21(11-16)28-23(26)29-30/h2-14H,1H3,(H2,26,29)/t14-/m1/s1. The molecule has 0 bridgehead atoms. The van der Waals surface area contributed by atoms with E-state index >= 15 is 4.39 Å². The number of halogens is 2. The highest BCUT2D eigenvalue weighted by Crippen LogP contribution is 2.32. The molecule has 3 aromatic heterocycles. The van der Waals surface area contributed by atoms with Crippen molar-refractivity contribution in [1.82, 2.24) is 24.4 Å². The number of rotatable bonds is 4. The second-order valence-electron chi connectivity index (χ2n) is 7.29. The molecule has 6 nitrogen and oxygen atoms in total. The zero-order chi connectivity index (χ0) is 21.5. The lowest BCUT2D eigenvalue weighted by Crippen LogP contribution is -2.06. The van der Waals surface area contributed by atoms with Crippen molar-refractivity contribution in [1.29, 1.82) is 0 Å². The first-order chi connectivity index (χ1) is 15.0. The molecule has 8 heteroatoms. The van der Waals surface area contributed by atoms with Gasteiger partial charge in [0.1, 0.15) is 11.6 Å². The summed E-state index contributed by atoms with van der Waals surface area (Å²) in [4.78, 5) is 4.14. The van der Waals surface area contributed by atoms with Gasteiger partial charge in [-0.1, -0.05) is 30.3 Å². The minimum absolute atomic E-state index is 0.124. The first-order valence-electron chi connectivity index (χ1n) is 9.70. The van der Waals surface area contributed by atoms with Crippen molar-refractivity contribution in [2.45, 2.75) is 13.0 Å². The van der Waals surface area contributed by atoms with Crippen LogP contribution in [-0.4, -0.2) is 24.4 Å². The van der Waals surface area contributed by atoms with E-state index in [9.17, 15) is 4.39 Å². The number of hydrogen-bond acceptors (Lipinski definition) is 4. The molecule has 0 radical (unpaired) electrons. The molecule has 0 amide bonds. The highest BCUT2D eigenvalue weighted by Gasteiger charge is 2.16. The van der Waals surface area contributed by atoms with Crippen molar-refractivity contribution in [2.75, 3.05) is 5.73 Å². The largest absolute Gasteiger partial charge is 0.366 e. The smallest absolute Gasteiger partial charge is 0.240 e. The third-order valence-corrected chi connectivity index (χ3v) is 5.33. The normalized spacial score (nSPS) is 12.4. The zero-order valence-electron chi connectivity index (χ0n) is 16.6. The Morgan fingerprint density at radius 2 is 1.71 bits per heavy atom. The van der Waals surface area contributed by atoms with Crippen LogP contribution in [0.2, 0.25) is 0 Å². The minimum atomic E-state index is -0.353. The molecule has 0 fully saturated rings. The van der Waals surface area contributed by atoms with Crippen molar-refractivity contribution in [3.05, 3.63) is 90.4 Å². The van der Waals surface area contributed by atoms with Gasteiger partial charge < -0.3 is 5.73 Å². The van der Waals surface area contributed by atoms with Crippen LogP contribution >= 0.6 is 0 Å². The number of pyridine rings is 1. The van der Waals surface area contributed by atoms with Gasteiger partial charge in [0.2, 0.25) is 5.95 Å². The molecule has 5 rings (SSSR count). The van der Waals surface area contributed by atoms with Gasteiger partial charge in [-0.15, -0.1) is 5.10 Å². The maximum atomic E-state index is 15.5. The Bertz CT molecular complexity index is 1390. The number of hydrogen-bond donors (Lipinski definition) is 1. The van der Waals surface area contributed by atoms with E-state index in [1.165, 1.54) is 12.1 Å². The fourth-order valence-electron chi connectivity index (χ4n) is 3.63. The fourth-order valence-corrected chi connectivity index (χ4v) is 3.63. The van der Waals surface area contributed by atoms with Gasteiger partial charge in [-0.3, -0.25) is 4.68 Å². The van der Waals surface area contributed by atoms with Crippen LogP contribution in [0.4, 0.5) is 14.7 Å². The number of nitrogens with zero attached hydrogens (tertiary/aromatic N) is 5. The summed E-state index contributed by atoms with van der Waals surface area (Å²) in [6.45, 7) is 1.95. The second-order valence-corrected chi connectivity index (χ2v) is 7.29. The van der Waals surface area contributed by atoms with Gasteiger partial charge in [-0.05, 0) is 42.3 Å². The zero-order valence-corrected chi connectivity index (χ0v) is 16.6. The van der Waals surface area contributed by atoms with Crippen LogP contribution < -0.4 is 5.73 Å². The minimum Gasteiger partial charge on any atom is -0.366 e. The van der Waals surface area contributed by atoms with Gasteiger partial charge in [0.05, 0.1) is 12.2 Å². The number of aromatic nitrogens is 5. The summed E-state index contributed by atoms with van der Waals surface area (Å²) in [7, 11) is 0. The summed E-state index contributed by atoms with van der Waals surface area (Å²) in [6.07, 6.45) is 5.12. The van der Waals surface area contributed by atoms with Gasteiger partial charge in [-0.25, -0.2) is 13.3 Å². The lowest BCUT2D eigenvalue weighted by molar-refractivity contribution is 0.561. The monoisotopic (exact) mass is 416 g/mol. The molecule has 0 spiro atoms. The van der Waals surface area contributed by atoms with Crippen LogP contribution in [0.5, 0.6) is 0 Å². The first kappa shape index (κ1) is 18.9. The molecule has 0 aliphatic heterocycles. The summed E-state index contributed by atoms with van der Waals surface area (Å²) >= 11 is 0. The second kappa shape index (κ2) is 7.32. The van der Waals surface area contributed by atoms with Crippen molar-refractivity contribution in [2.24, 2.45) is 0 Å². The summed E-state index contributed by atoms with van der Waals surface area (Å²) in [5, 5.41) is 8.44. The van der Waals surface area contributed by atoms with Crippen LogP contribution in [-0.2, 0) is 0 Å². The van der Waals surface area contributed by atoms with E-state index in [1.54, 1.807) is 70.3 Å². The van der Waals surface area contributed by atoms with E-state index < -0.39 is 0 Å². The highest BCUT2D eigenvalue weighted by molar-refractivity contribution is 5.75. The van der Waals surface area contributed by atoms with Crippen LogP contribution in [0.25, 0.3) is 27.9 Å². The third-order valence-electron chi connectivity index (χ3n) is 5.33. The van der Waals surface area contributed by atoms with E-state index in [2.05, 4.69) is 15.2 Å². The quantitative estimate of drug-likeness (QED) is 0.460. The number of anilines is 1. The molecule has 0 saturated carbocycles. The van der Waals surface area contributed by atoms with Crippen LogP contribution in [0.1, 0.15) is 18.5 Å². The molecule has 0 saturated heterocycles. The number of benzene rings is 2. The van der Waals surface area contributed by atoms with E-state index in [-0.39, 0.29) is 23.6 Å². The van der Waals surface area contributed by atoms with Crippen molar-refractivity contribution < 1.29 is 8.78 Å². The molecule has 0 unspecified atom stereocenters. The summed E-state index contributed by atoms with van der Waals surface area (Å²) in [5.41, 5.74) is 9.30. The van der Waals surface area contributed by atoms with Crippen molar-refractivity contribution in [3.8, 4) is 22.3 Å². The van der Waals surface area contributed by atoms with Crippen molar-refractivity contribution >= 4 is 11.6 Å². The van der Waals surface area contributed by atoms with Crippen LogP contribution in [0.3, 0.4) is 0 Å². The predicted octanol–water partition coefficient (Wildman–Crippen LogP) is 4.73. The third kappa shape index (κ3) is 3.42. The molecular weight excluding hydrogens is 398 g/mol. The Kier molecular flexibility index (Phi) is 4.47. The number of nitrogen functional groups attached to an aromatic ring is 1. The molecule has 2 aromatic carbocycles. The first-order valence-corrected chi connectivity index (χ1v) is 9.70. The highest BCUT2D eigenvalue weighted by atomic mass is 19.1. The fraction of sp³-hybridized carbons (Fsp3) is 0.0870. The number of fused-ring (bicyclic) bond motifs is 1. The molecule has 31 heavy (non-hydrogen) atoms. The maximum Gasteiger partial charge on any atom is 0.240 e. The summed E-state index contributed by atoms with van der Waals surface area (Å²) in [6, 6.07) is 14.9. The molecule has 154 valence electrons. The predicted molar refractivity (Wildman–Crippen MR) is 114 cm³/mol. The average molecular weight is 416 g/mol. The van der Waals surface area contributed by atoms with E-state index in [4.69, 9.17) is 5.73 Å². The molecule has 0 aliphatic carbocycles. The van der Waals surface area contributed by atoms with E-state index in [0.717, 1.165) is 5.56 Å². The SMILES string of the molecule is C[C@H](c1ccc(F)cc1)n1cc(-c2cccc(-c3ccn4nc(N)nc4c3)c2F)cn1. The topological polar surface area (TPSA) is 74.0 Å². The summed E-state index contributed by atoms with van der Waals surface area (Å²) < 4.78 is 32.0. The van der Waals surface area contributed by atoms with Gasteiger partial charge >= 0.3 is 0 Å². The van der Waals surface area contributed by atoms with Crippen LogP contribution in [0.15, 0.2) is 73.2 Å². The Morgan fingerprint density at radius 3 is 2.48 bits per heavy atom. The molecule has 1 atom stereocenters. The lowest BCUT2D eigenvalue weighted by Gasteiger charge is -2.12. The molecule has 5 aromatic rings. The van der Waals surface area contributed by atoms with Crippen LogP contribution in [0, 0.1) is 11.6 Å². The van der Waals surface area contributed by atoms with Gasteiger partial charge in [0.15, 0.2) is 5.65 Å². The van der Waals surface area contributed by atoms with Gasteiger partial charge in [0.25, 0.3) is 0 Å². The van der Waals surface area contributed by atoms with Crippen molar-refractivity contribution in [3.63, 3.8) is 0 Å². The Labute approximate surface area is 176 Å². The lowest BCUT2D eigenvalue weighted by atomic mass is 10.0. The van der Waals surface area contributed by atoms with E-state index in [1.807, 2.05) is 6.92 Å². The molecular formula is C23H18F2N6. The van der Waals surface area contributed by atoms with Gasteiger partial charge in [0, 0.05) is 29.1 Å². The molecule has 3 heterocycles. The maximum absolute atomic E-state index is 15.5. The Balaban J connectivity index is 1.50. The van der Waals surface area contributed by atoms with E-state index in [0.29, 0.717) is 27.9 Å². The average Bonchev–Trinajstić information content (AvgIpc) is 3.39. The number of nitrogens with two attached hydrogens (primary N) is 1.